The second-order valence-corrected chi connectivity index (χ2v) is 23.1. The van der Waals surface area contributed by atoms with Crippen molar-refractivity contribution in [2.75, 3.05) is 0 Å². The summed E-state index contributed by atoms with van der Waals surface area (Å²) >= 11 is 0. The third kappa shape index (κ3) is 9.87. The third-order valence-electron chi connectivity index (χ3n) is 13.9. The SMILES string of the molecule is [2H]C([2H])(c1ccccc1)c1cnc(-c2cc(-c3ccccc3)cc(-c3cccc4c3nc(-c3cc(C(C)(C)C)cc(C(C)(C)C)c3O)n4-c3c(C(C)C)cc(C(C)(C)C)cc3C(C)C)c2)cc1-c1ccccc1. The van der Waals surface area contributed by atoms with Crippen molar-refractivity contribution in [2.45, 2.75) is 124 Å². The first-order chi connectivity index (χ1) is 34.4. The summed E-state index contributed by atoms with van der Waals surface area (Å²) < 4.78 is 21.4. The molecular formula is C67H71N3O. The van der Waals surface area contributed by atoms with E-state index in [1.54, 1.807) is 6.20 Å². The molecule has 0 spiro atoms. The van der Waals surface area contributed by atoms with Crippen LogP contribution in [0.25, 0.3) is 72.7 Å². The summed E-state index contributed by atoms with van der Waals surface area (Å²) in [5.74, 6) is 1.29. The lowest BCUT2D eigenvalue weighted by Crippen LogP contribution is -2.18. The van der Waals surface area contributed by atoms with Gasteiger partial charge in [-0.1, -0.05) is 211 Å². The van der Waals surface area contributed by atoms with E-state index in [9.17, 15) is 7.85 Å². The largest absolute Gasteiger partial charge is 0.507 e. The van der Waals surface area contributed by atoms with Crippen molar-refractivity contribution in [2.24, 2.45) is 0 Å². The summed E-state index contributed by atoms with van der Waals surface area (Å²) in [6.45, 7) is 29.2. The Balaban J connectivity index is 1.38. The monoisotopic (exact) mass is 936 g/mol. The summed E-state index contributed by atoms with van der Waals surface area (Å²) in [5.41, 5.74) is 17.1. The van der Waals surface area contributed by atoms with Crippen LogP contribution in [0.15, 0.2) is 164 Å². The predicted molar refractivity (Wildman–Crippen MR) is 301 cm³/mol. The van der Waals surface area contributed by atoms with Crippen LogP contribution in [-0.2, 0) is 22.6 Å². The number of hydrogen-bond acceptors (Lipinski definition) is 3. The van der Waals surface area contributed by atoms with Crippen LogP contribution in [0.5, 0.6) is 5.75 Å². The van der Waals surface area contributed by atoms with Crippen LogP contribution in [0.4, 0.5) is 0 Å². The van der Waals surface area contributed by atoms with Crippen LogP contribution in [0.1, 0.15) is 144 Å². The molecule has 0 bridgehead atoms. The maximum absolute atomic E-state index is 12.7. The highest BCUT2D eigenvalue weighted by Gasteiger charge is 2.31. The summed E-state index contributed by atoms with van der Waals surface area (Å²) in [6.07, 6.45) is -0.0879. The Bertz CT molecular complexity index is 3450. The number of nitrogens with zero attached hydrogens (tertiary/aromatic N) is 3. The van der Waals surface area contributed by atoms with E-state index in [0.717, 1.165) is 72.5 Å². The molecule has 4 nitrogen and oxygen atoms in total. The van der Waals surface area contributed by atoms with Gasteiger partial charge >= 0.3 is 0 Å². The van der Waals surface area contributed by atoms with E-state index in [-0.39, 0.29) is 33.8 Å². The molecule has 2 aromatic heterocycles. The van der Waals surface area contributed by atoms with Gasteiger partial charge < -0.3 is 5.11 Å². The molecule has 0 saturated carbocycles. The molecule has 0 aliphatic rings. The zero-order chi connectivity index (χ0) is 52.4. The average molecular weight is 936 g/mol. The van der Waals surface area contributed by atoms with Crippen LogP contribution >= 0.6 is 0 Å². The maximum Gasteiger partial charge on any atom is 0.149 e. The van der Waals surface area contributed by atoms with Gasteiger partial charge in [-0.3, -0.25) is 9.55 Å². The number of hydrogen-bond donors (Lipinski definition) is 1. The molecule has 4 heteroatoms. The van der Waals surface area contributed by atoms with E-state index in [1.165, 1.54) is 16.7 Å². The number of aromatic hydroxyl groups is 1. The number of imidazole rings is 1. The molecule has 2 heterocycles. The molecule has 0 unspecified atom stereocenters. The van der Waals surface area contributed by atoms with E-state index < -0.39 is 6.37 Å². The van der Waals surface area contributed by atoms with Gasteiger partial charge in [-0.05, 0) is 132 Å². The highest BCUT2D eigenvalue weighted by Crippen LogP contribution is 2.47. The minimum Gasteiger partial charge on any atom is -0.507 e. The summed E-state index contributed by atoms with van der Waals surface area (Å²) in [6, 6.07) is 54.2. The van der Waals surface area contributed by atoms with E-state index in [0.29, 0.717) is 22.5 Å². The molecule has 0 amide bonds. The maximum atomic E-state index is 12.7. The summed E-state index contributed by atoms with van der Waals surface area (Å²) in [7, 11) is 0. The molecule has 71 heavy (non-hydrogen) atoms. The zero-order valence-electron chi connectivity index (χ0n) is 46.0. The lowest BCUT2D eigenvalue weighted by atomic mass is 9.78. The fraction of sp³-hybridized carbons (Fsp3) is 0.284. The predicted octanol–water partition coefficient (Wildman–Crippen LogP) is 18.2. The molecule has 0 fully saturated rings. The van der Waals surface area contributed by atoms with Crippen molar-refractivity contribution < 1.29 is 7.85 Å². The second-order valence-electron chi connectivity index (χ2n) is 23.1. The van der Waals surface area contributed by atoms with Crippen molar-refractivity contribution in [1.82, 2.24) is 14.5 Å². The van der Waals surface area contributed by atoms with E-state index in [1.807, 2.05) is 72.8 Å². The minimum atomic E-state index is -1.81. The minimum absolute atomic E-state index is 0.0777. The second kappa shape index (κ2) is 18.9. The molecule has 0 radical (unpaired) electrons. The molecular weight excluding hydrogens is 863 g/mol. The number of phenolic OH excluding ortho intramolecular Hbond substituents is 1. The number of rotatable bonds is 10. The molecule has 360 valence electrons. The van der Waals surface area contributed by atoms with Gasteiger partial charge in [-0.25, -0.2) is 4.98 Å². The van der Waals surface area contributed by atoms with Gasteiger partial charge in [0.15, 0.2) is 0 Å². The number of benzene rings is 7. The highest BCUT2D eigenvalue weighted by atomic mass is 16.3. The summed E-state index contributed by atoms with van der Waals surface area (Å²) in [4.78, 5) is 10.9. The van der Waals surface area contributed by atoms with Gasteiger partial charge in [-0.2, -0.15) is 0 Å². The zero-order valence-corrected chi connectivity index (χ0v) is 44.0. The molecule has 9 aromatic rings. The number of aromatic nitrogens is 3. The first-order valence-electron chi connectivity index (χ1n) is 26.3. The van der Waals surface area contributed by atoms with Crippen LogP contribution in [-0.4, -0.2) is 19.6 Å². The first kappa shape index (κ1) is 46.3. The Morgan fingerprint density at radius 3 is 1.65 bits per heavy atom. The Labute approximate surface area is 426 Å². The third-order valence-corrected chi connectivity index (χ3v) is 13.9. The number of fused-ring (bicyclic) bond motifs is 1. The van der Waals surface area contributed by atoms with Gasteiger partial charge in [0, 0.05) is 25.6 Å². The molecule has 0 aliphatic heterocycles. The van der Waals surface area contributed by atoms with Gasteiger partial charge in [0.05, 0.1) is 28.0 Å². The molecule has 0 saturated heterocycles. The molecule has 0 atom stereocenters. The van der Waals surface area contributed by atoms with Gasteiger partial charge in [-0.15, -0.1) is 0 Å². The molecule has 1 N–H and O–H groups in total. The van der Waals surface area contributed by atoms with Crippen LogP contribution in [0.3, 0.4) is 0 Å². The fourth-order valence-electron chi connectivity index (χ4n) is 9.78. The lowest BCUT2D eigenvalue weighted by Gasteiger charge is -2.29. The van der Waals surface area contributed by atoms with Crippen LogP contribution in [0.2, 0.25) is 0 Å². The van der Waals surface area contributed by atoms with Crippen molar-refractivity contribution in [3.05, 3.63) is 203 Å². The fourth-order valence-corrected chi connectivity index (χ4v) is 9.78. The Morgan fingerprint density at radius 2 is 1.07 bits per heavy atom. The van der Waals surface area contributed by atoms with Crippen LogP contribution in [0, 0.1) is 0 Å². The quantitative estimate of drug-likeness (QED) is 0.149. The normalized spacial score (nSPS) is 13.0. The number of pyridine rings is 1. The van der Waals surface area contributed by atoms with Gasteiger partial charge in [0.25, 0.3) is 0 Å². The average Bonchev–Trinajstić information content (AvgIpc) is 3.74. The Morgan fingerprint density at radius 1 is 0.521 bits per heavy atom. The van der Waals surface area contributed by atoms with Crippen molar-refractivity contribution in [1.29, 1.82) is 0 Å². The number of phenols is 1. The van der Waals surface area contributed by atoms with Crippen molar-refractivity contribution >= 4 is 11.0 Å². The smallest absolute Gasteiger partial charge is 0.149 e. The van der Waals surface area contributed by atoms with Gasteiger partial charge in [0.2, 0.25) is 0 Å². The molecule has 0 aliphatic carbocycles. The lowest BCUT2D eigenvalue weighted by molar-refractivity contribution is 0.446. The molecule has 7 aromatic carbocycles. The van der Waals surface area contributed by atoms with Crippen LogP contribution < -0.4 is 0 Å². The van der Waals surface area contributed by atoms with Crippen molar-refractivity contribution in [3.8, 4) is 67.5 Å². The van der Waals surface area contributed by atoms with E-state index in [4.69, 9.17) is 9.97 Å². The Kier molecular flexibility index (Phi) is 12.4. The Hall–Kier alpha value is -7.04. The highest BCUT2D eigenvalue weighted by molar-refractivity contribution is 5.98. The summed E-state index contributed by atoms with van der Waals surface area (Å²) in [5, 5.41) is 12.7. The first-order valence-corrected chi connectivity index (χ1v) is 25.3. The van der Waals surface area contributed by atoms with Crippen molar-refractivity contribution in [3.63, 3.8) is 0 Å². The topological polar surface area (TPSA) is 50.9 Å². The van der Waals surface area contributed by atoms with Gasteiger partial charge in [0.1, 0.15) is 11.6 Å². The van der Waals surface area contributed by atoms with E-state index in [2.05, 4.69) is 180 Å². The standard InChI is InChI=1S/C67H71N3O/c1-42(2)54-36-51(65(5,6)7)37-55(43(3)4)62(54)70-60-31-23-30-53(61(60)69-64(70)57-38-52(66(8,9)10)39-58(63(57)71)67(11,12)13)48-33-47(45-26-19-15-20-27-45)34-49(35-48)59-40-56(46-28-21-16-22-29-46)50(41-68-59)32-44-24-17-14-18-25-44/h14-31,33-43,71H,32H2,1-13H3/i32D2. The molecule has 9 rings (SSSR count). The number of para-hydroxylation sites is 1. The van der Waals surface area contributed by atoms with E-state index >= 15 is 0 Å².